The number of carbonyl (C=O) groups is 4. The Hall–Kier alpha value is -4.38. The Morgan fingerprint density at radius 1 is 0.833 bits per heavy atom. The van der Waals surface area contributed by atoms with Gasteiger partial charge in [0, 0.05) is 29.9 Å². The molecule has 1 aromatic heterocycles. The Balaban J connectivity index is 1.80. The first-order valence-electron chi connectivity index (χ1n) is 14.1. The zero-order valence-electron chi connectivity index (χ0n) is 24.4. The van der Waals surface area contributed by atoms with Crippen LogP contribution in [0.5, 0.6) is 5.75 Å². The lowest BCUT2D eigenvalue weighted by Gasteiger charge is -2.27. The molecule has 4 unspecified atom stereocenters. The van der Waals surface area contributed by atoms with Crippen LogP contribution in [0.3, 0.4) is 0 Å². The summed E-state index contributed by atoms with van der Waals surface area (Å²) in [5.41, 5.74) is 8.38. The number of rotatable bonds is 14. The number of fused-ring (bicyclic) bond motifs is 1. The van der Waals surface area contributed by atoms with Crippen LogP contribution in [0.1, 0.15) is 45.2 Å². The summed E-state index contributed by atoms with van der Waals surface area (Å²) in [4.78, 5) is 55.1. The van der Waals surface area contributed by atoms with Crippen LogP contribution < -0.4 is 21.7 Å². The molecule has 0 saturated carbocycles. The molecule has 226 valence electrons. The van der Waals surface area contributed by atoms with Gasteiger partial charge in [-0.25, -0.2) is 4.79 Å². The number of nitrogens with two attached hydrogens (primary N) is 1. The van der Waals surface area contributed by atoms with Gasteiger partial charge in [0.05, 0.1) is 6.04 Å². The second-order valence-corrected chi connectivity index (χ2v) is 11.4. The lowest BCUT2D eigenvalue weighted by atomic mass is 9.99. The monoisotopic (exact) mass is 579 g/mol. The van der Waals surface area contributed by atoms with Gasteiger partial charge in [-0.2, -0.15) is 0 Å². The minimum absolute atomic E-state index is 0.0207. The number of hydrogen-bond donors (Lipinski definition) is 7. The standard InChI is InChI=1S/C31H41N5O6/c1-17(2)13-23(32)28(38)34-25(15-20-16-33-24-8-6-5-7-22(20)24)29(39)36-27(18(3)4)30(40)35-26(31(41)42)14-19-9-11-21(37)12-10-19/h5-12,16-18,23,25-27,33,37H,13-15,32H2,1-4H3,(H,34,38)(H,35,40)(H,36,39)(H,41,42). The number of aliphatic carboxylic acids is 1. The van der Waals surface area contributed by atoms with Crippen LogP contribution in [-0.2, 0) is 32.0 Å². The van der Waals surface area contributed by atoms with Gasteiger partial charge in [-0.15, -0.1) is 0 Å². The van der Waals surface area contributed by atoms with Crippen molar-refractivity contribution in [2.75, 3.05) is 0 Å². The SMILES string of the molecule is CC(C)CC(N)C(=O)NC(Cc1c[nH]c2ccccc12)C(=O)NC(C(=O)NC(Cc1ccc(O)cc1)C(=O)O)C(C)C. The third kappa shape index (κ3) is 8.81. The molecular weight excluding hydrogens is 538 g/mol. The summed E-state index contributed by atoms with van der Waals surface area (Å²) in [6.07, 6.45) is 2.33. The van der Waals surface area contributed by atoms with Crippen molar-refractivity contribution >= 4 is 34.6 Å². The molecule has 0 aliphatic heterocycles. The lowest BCUT2D eigenvalue weighted by Crippen LogP contribution is -2.59. The highest BCUT2D eigenvalue weighted by Crippen LogP contribution is 2.20. The van der Waals surface area contributed by atoms with Crippen molar-refractivity contribution in [3.05, 3.63) is 65.9 Å². The normalized spacial score (nSPS) is 14.3. The first-order valence-corrected chi connectivity index (χ1v) is 14.1. The molecule has 0 bridgehead atoms. The van der Waals surface area contributed by atoms with E-state index in [0.717, 1.165) is 16.5 Å². The third-order valence-electron chi connectivity index (χ3n) is 7.03. The third-order valence-corrected chi connectivity index (χ3v) is 7.03. The fourth-order valence-corrected chi connectivity index (χ4v) is 4.74. The average Bonchev–Trinajstić information content (AvgIpc) is 3.33. The predicted molar refractivity (Wildman–Crippen MR) is 160 cm³/mol. The van der Waals surface area contributed by atoms with Crippen LogP contribution in [0.25, 0.3) is 10.9 Å². The zero-order valence-corrected chi connectivity index (χ0v) is 24.4. The van der Waals surface area contributed by atoms with Crippen molar-refractivity contribution in [2.24, 2.45) is 17.6 Å². The Bertz CT molecular complexity index is 1380. The number of phenols is 1. The molecule has 0 radical (unpaired) electrons. The molecule has 0 aliphatic carbocycles. The smallest absolute Gasteiger partial charge is 0.326 e. The first-order chi connectivity index (χ1) is 19.8. The van der Waals surface area contributed by atoms with Gasteiger partial charge in [-0.05, 0) is 47.6 Å². The molecule has 0 spiro atoms. The number of nitrogens with one attached hydrogen (secondary N) is 4. The van der Waals surface area contributed by atoms with Gasteiger partial charge in [0.2, 0.25) is 17.7 Å². The summed E-state index contributed by atoms with van der Waals surface area (Å²) < 4.78 is 0. The Morgan fingerprint density at radius 2 is 1.48 bits per heavy atom. The van der Waals surface area contributed by atoms with E-state index >= 15 is 0 Å². The van der Waals surface area contributed by atoms with Crippen LogP contribution >= 0.6 is 0 Å². The largest absolute Gasteiger partial charge is 0.508 e. The van der Waals surface area contributed by atoms with Crippen LogP contribution in [0.15, 0.2) is 54.7 Å². The molecule has 8 N–H and O–H groups in total. The molecule has 11 nitrogen and oxygen atoms in total. The molecule has 0 aliphatic rings. The Labute approximate surface area is 245 Å². The predicted octanol–water partition coefficient (Wildman–Crippen LogP) is 2.23. The number of hydrogen-bond acceptors (Lipinski definition) is 6. The topological polar surface area (TPSA) is 187 Å². The van der Waals surface area contributed by atoms with Gasteiger partial charge in [0.15, 0.2) is 0 Å². The molecule has 11 heteroatoms. The number of aromatic amines is 1. The molecule has 4 atom stereocenters. The molecule has 3 aromatic rings. The summed E-state index contributed by atoms with van der Waals surface area (Å²) in [6.45, 7) is 7.35. The van der Waals surface area contributed by atoms with Crippen LogP contribution in [0.4, 0.5) is 0 Å². The number of H-pyrrole nitrogens is 1. The number of amides is 3. The molecule has 1 heterocycles. The van der Waals surface area contributed by atoms with Crippen LogP contribution in [-0.4, -0.2) is 63.1 Å². The van der Waals surface area contributed by atoms with E-state index in [1.165, 1.54) is 12.1 Å². The van der Waals surface area contributed by atoms with Gasteiger partial charge >= 0.3 is 5.97 Å². The number of para-hydroxylation sites is 1. The minimum atomic E-state index is -1.27. The van der Waals surface area contributed by atoms with E-state index in [4.69, 9.17) is 5.73 Å². The highest BCUT2D eigenvalue weighted by atomic mass is 16.4. The van der Waals surface area contributed by atoms with Crippen molar-refractivity contribution in [3.8, 4) is 5.75 Å². The molecular formula is C31H41N5O6. The van der Waals surface area contributed by atoms with E-state index in [-0.39, 0.29) is 24.5 Å². The molecule has 0 fully saturated rings. The highest BCUT2D eigenvalue weighted by molar-refractivity contribution is 5.95. The van der Waals surface area contributed by atoms with Gasteiger partial charge in [0.1, 0.15) is 23.9 Å². The van der Waals surface area contributed by atoms with Crippen LogP contribution in [0.2, 0.25) is 0 Å². The molecule has 2 aromatic carbocycles. The van der Waals surface area contributed by atoms with Gasteiger partial charge in [-0.1, -0.05) is 58.0 Å². The molecule has 3 rings (SSSR count). The first kappa shape index (κ1) is 32.1. The van der Waals surface area contributed by atoms with Gasteiger partial charge < -0.3 is 36.9 Å². The quantitative estimate of drug-likeness (QED) is 0.152. The fraction of sp³-hybridized carbons (Fsp3) is 0.419. The van der Waals surface area contributed by atoms with Crippen LogP contribution in [0, 0.1) is 11.8 Å². The molecule has 42 heavy (non-hydrogen) atoms. The lowest BCUT2D eigenvalue weighted by molar-refractivity contribution is -0.142. The summed E-state index contributed by atoms with van der Waals surface area (Å²) in [7, 11) is 0. The van der Waals surface area contributed by atoms with Crippen molar-refractivity contribution in [3.63, 3.8) is 0 Å². The summed E-state index contributed by atoms with van der Waals surface area (Å²) >= 11 is 0. The second kappa shape index (κ2) is 14.5. The summed E-state index contributed by atoms with van der Waals surface area (Å²) in [5, 5.41) is 28.2. The van der Waals surface area contributed by atoms with Gasteiger partial charge in [0.25, 0.3) is 0 Å². The number of aromatic hydroxyl groups is 1. The maximum atomic E-state index is 13.7. The maximum absolute atomic E-state index is 13.7. The number of benzene rings is 2. The average molecular weight is 580 g/mol. The van der Waals surface area contributed by atoms with Crippen molar-refractivity contribution in [2.45, 2.75) is 71.1 Å². The highest BCUT2D eigenvalue weighted by Gasteiger charge is 2.32. The Kier molecular flexibility index (Phi) is 11.1. The Morgan fingerprint density at radius 3 is 2.10 bits per heavy atom. The van der Waals surface area contributed by atoms with E-state index < -0.39 is 53.8 Å². The van der Waals surface area contributed by atoms with E-state index in [0.29, 0.717) is 12.0 Å². The number of phenolic OH excluding ortho intramolecular Hbond substituents is 1. The van der Waals surface area contributed by atoms with Gasteiger partial charge in [-0.3, -0.25) is 14.4 Å². The fourth-order valence-electron chi connectivity index (χ4n) is 4.74. The van der Waals surface area contributed by atoms with E-state index in [1.54, 1.807) is 32.2 Å². The van der Waals surface area contributed by atoms with E-state index in [9.17, 15) is 29.4 Å². The van der Waals surface area contributed by atoms with Crippen molar-refractivity contribution in [1.29, 1.82) is 0 Å². The molecule has 0 saturated heterocycles. The molecule has 3 amide bonds. The number of aromatic nitrogens is 1. The van der Waals surface area contributed by atoms with E-state index in [1.807, 2.05) is 38.1 Å². The number of carboxylic acid groups (broad SMARTS) is 1. The minimum Gasteiger partial charge on any atom is -0.508 e. The maximum Gasteiger partial charge on any atom is 0.326 e. The summed E-state index contributed by atoms with van der Waals surface area (Å²) in [5.74, 6) is -3.17. The second-order valence-electron chi connectivity index (χ2n) is 11.4. The number of carbonyl (C=O) groups excluding carboxylic acids is 3. The summed E-state index contributed by atoms with van der Waals surface area (Å²) in [6, 6.07) is 9.38. The van der Waals surface area contributed by atoms with Crippen molar-refractivity contribution in [1.82, 2.24) is 20.9 Å². The zero-order chi connectivity index (χ0) is 31.0. The van der Waals surface area contributed by atoms with Crippen molar-refractivity contribution < 1.29 is 29.4 Å². The number of carboxylic acids is 1. The van der Waals surface area contributed by atoms with E-state index in [2.05, 4.69) is 20.9 Å².